The molecule has 5 nitrogen and oxygen atoms in total. The summed E-state index contributed by atoms with van der Waals surface area (Å²) in [6, 6.07) is 15.5. The predicted molar refractivity (Wildman–Crippen MR) is 134 cm³/mol. The molecule has 1 heterocycles. The van der Waals surface area contributed by atoms with Gasteiger partial charge in [-0.3, -0.25) is 9.59 Å². The number of carbonyl (C=O) groups excluding carboxylic acids is 2. The molecule has 1 saturated heterocycles. The highest BCUT2D eigenvalue weighted by atomic mass is 35.5. The van der Waals surface area contributed by atoms with Crippen molar-refractivity contribution in [2.75, 3.05) is 24.5 Å². The van der Waals surface area contributed by atoms with Gasteiger partial charge in [0.05, 0.1) is 5.56 Å². The molecule has 2 aliphatic rings. The van der Waals surface area contributed by atoms with Gasteiger partial charge in [-0.15, -0.1) is 0 Å². The maximum absolute atomic E-state index is 13.6. The van der Waals surface area contributed by atoms with Crippen LogP contribution in [0.15, 0.2) is 48.5 Å². The Balaban J connectivity index is 1.40. The van der Waals surface area contributed by atoms with Crippen LogP contribution in [0, 0.1) is 0 Å². The predicted octanol–water partition coefficient (Wildman–Crippen LogP) is 5.53. The van der Waals surface area contributed by atoms with Crippen molar-refractivity contribution in [3.8, 4) is 0 Å². The number of piperidine rings is 1. The number of benzene rings is 2. The lowest BCUT2D eigenvalue weighted by atomic mass is 9.93. The van der Waals surface area contributed by atoms with Crippen LogP contribution < -0.4 is 10.2 Å². The number of para-hydroxylation sites is 1. The first kappa shape index (κ1) is 23.6. The van der Waals surface area contributed by atoms with E-state index in [0.29, 0.717) is 16.6 Å². The largest absolute Gasteiger partial charge is 0.371 e. The van der Waals surface area contributed by atoms with Crippen molar-refractivity contribution in [1.29, 1.82) is 0 Å². The smallest absolute Gasteiger partial charge is 0.256 e. The SMILES string of the molecule is CCN(C(=O)c1ccccc1N1CCC(NC(=O)c2ccc(Cl)cc2)CC1)C1CCCCC1. The summed E-state index contributed by atoms with van der Waals surface area (Å²) in [5, 5.41) is 3.77. The van der Waals surface area contributed by atoms with Gasteiger partial charge in [0, 0.05) is 48.0 Å². The van der Waals surface area contributed by atoms with Gasteiger partial charge in [-0.05, 0) is 69.0 Å². The number of anilines is 1. The fourth-order valence-electron chi connectivity index (χ4n) is 5.18. The summed E-state index contributed by atoms with van der Waals surface area (Å²) >= 11 is 5.93. The zero-order valence-electron chi connectivity index (χ0n) is 19.4. The Kier molecular flexibility index (Phi) is 7.92. The molecular weight excluding hydrogens is 434 g/mol. The zero-order chi connectivity index (χ0) is 23.2. The molecule has 2 aromatic rings. The van der Waals surface area contributed by atoms with Gasteiger partial charge in [0.15, 0.2) is 0 Å². The lowest BCUT2D eigenvalue weighted by molar-refractivity contribution is 0.0648. The van der Waals surface area contributed by atoms with E-state index in [1.165, 1.54) is 19.3 Å². The first-order chi connectivity index (χ1) is 16.1. The van der Waals surface area contributed by atoms with Crippen molar-refractivity contribution in [2.45, 2.75) is 64.0 Å². The van der Waals surface area contributed by atoms with Gasteiger partial charge in [-0.2, -0.15) is 0 Å². The van der Waals surface area contributed by atoms with E-state index in [4.69, 9.17) is 11.6 Å². The molecule has 1 N–H and O–H groups in total. The summed E-state index contributed by atoms with van der Waals surface area (Å²) in [5.74, 6) is 0.0879. The second-order valence-corrected chi connectivity index (χ2v) is 9.58. The monoisotopic (exact) mass is 467 g/mol. The molecule has 0 atom stereocenters. The number of nitrogens with one attached hydrogen (secondary N) is 1. The highest BCUT2D eigenvalue weighted by Crippen LogP contribution is 2.29. The van der Waals surface area contributed by atoms with Crippen LogP contribution in [0.1, 0.15) is 72.6 Å². The third kappa shape index (κ3) is 5.70. The molecule has 1 saturated carbocycles. The Labute approximate surface area is 202 Å². The Morgan fingerprint density at radius 3 is 2.30 bits per heavy atom. The molecule has 1 aliphatic carbocycles. The molecule has 0 spiro atoms. The third-order valence-corrected chi connectivity index (χ3v) is 7.28. The van der Waals surface area contributed by atoms with E-state index in [-0.39, 0.29) is 17.9 Å². The van der Waals surface area contributed by atoms with Gasteiger partial charge in [0.25, 0.3) is 11.8 Å². The van der Waals surface area contributed by atoms with Crippen LogP contribution >= 0.6 is 11.6 Å². The van der Waals surface area contributed by atoms with Crippen molar-refractivity contribution in [3.63, 3.8) is 0 Å². The van der Waals surface area contributed by atoms with Gasteiger partial charge in [-0.1, -0.05) is 43.0 Å². The number of hydrogen-bond donors (Lipinski definition) is 1. The zero-order valence-corrected chi connectivity index (χ0v) is 20.2. The highest BCUT2D eigenvalue weighted by Gasteiger charge is 2.29. The minimum atomic E-state index is -0.0632. The van der Waals surface area contributed by atoms with Gasteiger partial charge >= 0.3 is 0 Å². The van der Waals surface area contributed by atoms with Gasteiger partial charge in [-0.25, -0.2) is 0 Å². The van der Waals surface area contributed by atoms with Crippen LogP contribution in [0.5, 0.6) is 0 Å². The van der Waals surface area contributed by atoms with E-state index < -0.39 is 0 Å². The van der Waals surface area contributed by atoms with Crippen LogP contribution in [0.4, 0.5) is 5.69 Å². The number of hydrogen-bond acceptors (Lipinski definition) is 3. The topological polar surface area (TPSA) is 52.7 Å². The van der Waals surface area contributed by atoms with Gasteiger partial charge < -0.3 is 15.1 Å². The average molecular weight is 468 g/mol. The summed E-state index contributed by atoms with van der Waals surface area (Å²) in [6.07, 6.45) is 7.63. The van der Waals surface area contributed by atoms with Crippen LogP contribution in [0.25, 0.3) is 0 Å². The summed E-state index contributed by atoms with van der Waals surface area (Å²) in [6.45, 7) is 4.46. The fourth-order valence-corrected chi connectivity index (χ4v) is 5.31. The van der Waals surface area contributed by atoms with E-state index in [2.05, 4.69) is 28.1 Å². The maximum Gasteiger partial charge on any atom is 0.256 e. The number of amides is 2. The first-order valence-corrected chi connectivity index (χ1v) is 12.7. The Hall–Kier alpha value is -2.53. The molecule has 176 valence electrons. The van der Waals surface area contributed by atoms with E-state index in [9.17, 15) is 9.59 Å². The summed E-state index contributed by atoms with van der Waals surface area (Å²) < 4.78 is 0. The molecule has 6 heteroatoms. The average Bonchev–Trinajstić information content (AvgIpc) is 2.86. The highest BCUT2D eigenvalue weighted by molar-refractivity contribution is 6.30. The molecule has 0 bridgehead atoms. The fraction of sp³-hybridized carbons (Fsp3) is 0.481. The van der Waals surface area contributed by atoms with Crippen molar-refractivity contribution in [1.82, 2.24) is 10.2 Å². The summed E-state index contributed by atoms with van der Waals surface area (Å²) in [7, 11) is 0. The molecule has 2 aromatic carbocycles. The van der Waals surface area contributed by atoms with E-state index in [1.54, 1.807) is 24.3 Å². The number of nitrogens with zero attached hydrogens (tertiary/aromatic N) is 2. The van der Waals surface area contributed by atoms with E-state index in [1.807, 2.05) is 18.2 Å². The second-order valence-electron chi connectivity index (χ2n) is 9.14. The summed E-state index contributed by atoms with van der Waals surface area (Å²) in [4.78, 5) is 30.5. The van der Waals surface area contributed by atoms with Crippen LogP contribution in [-0.4, -0.2) is 48.4 Å². The van der Waals surface area contributed by atoms with Crippen LogP contribution in [0.3, 0.4) is 0 Å². The Bertz CT molecular complexity index is 948. The molecule has 0 unspecified atom stereocenters. The molecule has 1 aliphatic heterocycles. The van der Waals surface area contributed by atoms with Crippen LogP contribution in [-0.2, 0) is 0 Å². The Morgan fingerprint density at radius 1 is 0.970 bits per heavy atom. The third-order valence-electron chi connectivity index (χ3n) is 7.03. The number of rotatable bonds is 6. The standard InChI is InChI=1S/C27H34ClN3O2/c1-2-31(23-8-4-3-5-9-23)27(33)24-10-6-7-11-25(24)30-18-16-22(17-19-30)29-26(32)20-12-14-21(28)15-13-20/h6-7,10-15,22-23H,2-5,8-9,16-19H2,1H3,(H,29,32). The Morgan fingerprint density at radius 2 is 1.64 bits per heavy atom. The quantitative estimate of drug-likeness (QED) is 0.607. The number of halogens is 1. The van der Waals surface area contributed by atoms with Crippen molar-refractivity contribution in [3.05, 3.63) is 64.7 Å². The van der Waals surface area contributed by atoms with Gasteiger partial charge in [0.2, 0.25) is 0 Å². The van der Waals surface area contributed by atoms with E-state index in [0.717, 1.165) is 56.6 Å². The first-order valence-electron chi connectivity index (χ1n) is 12.3. The minimum Gasteiger partial charge on any atom is -0.371 e. The second kappa shape index (κ2) is 11.1. The van der Waals surface area contributed by atoms with Crippen LogP contribution in [0.2, 0.25) is 5.02 Å². The molecular formula is C27H34ClN3O2. The lowest BCUT2D eigenvalue weighted by Crippen LogP contribution is -2.46. The molecule has 0 radical (unpaired) electrons. The van der Waals surface area contributed by atoms with Crippen molar-refractivity contribution < 1.29 is 9.59 Å². The van der Waals surface area contributed by atoms with Crippen molar-refractivity contribution >= 4 is 29.1 Å². The molecule has 2 fully saturated rings. The lowest BCUT2D eigenvalue weighted by Gasteiger charge is -2.37. The minimum absolute atomic E-state index is 0.0632. The van der Waals surface area contributed by atoms with E-state index >= 15 is 0 Å². The molecule has 2 amide bonds. The molecule has 33 heavy (non-hydrogen) atoms. The molecule has 4 rings (SSSR count). The normalized spacial score (nSPS) is 17.6. The maximum atomic E-state index is 13.6. The van der Waals surface area contributed by atoms with Crippen molar-refractivity contribution in [2.24, 2.45) is 0 Å². The summed E-state index contributed by atoms with van der Waals surface area (Å²) in [5.41, 5.74) is 2.44. The van der Waals surface area contributed by atoms with Gasteiger partial charge in [0.1, 0.15) is 0 Å². The number of carbonyl (C=O) groups is 2. The molecule has 0 aromatic heterocycles.